The van der Waals surface area contributed by atoms with Gasteiger partial charge in [0.1, 0.15) is 29.6 Å². The number of hydrogen-bond donors (Lipinski definition) is 2. The van der Waals surface area contributed by atoms with Crippen molar-refractivity contribution in [1.82, 2.24) is 0 Å². The Labute approximate surface area is 169 Å². The first kappa shape index (κ1) is 20.0. The Balaban J connectivity index is 1.70. The lowest BCUT2D eigenvalue weighted by Gasteiger charge is -2.09. The second-order valence-corrected chi connectivity index (χ2v) is 6.31. The van der Waals surface area contributed by atoms with Crippen LogP contribution in [0, 0.1) is 0 Å². The third kappa shape index (κ3) is 5.39. The Morgan fingerprint density at radius 1 is 0.966 bits per heavy atom. The molecule has 2 N–H and O–H groups in total. The monoisotopic (exact) mass is 390 g/mol. The second kappa shape index (κ2) is 9.46. The zero-order valence-electron chi connectivity index (χ0n) is 16.0. The van der Waals surface area contributed by atoms with Gasteiger partial charge in [-0.15, -0.1) is 0 Å². The minimum Gasteiger partial charge on any atom is -0.508 e. The van der Waals surface area contributed by atoms with E-state index in [0.717, 1.165) is 5.56 Å². The average molecular weight is 390 g/mol. The first-order valence-electron chi connectivity index (χ1n) is 9.25. The molecule has 5 heteroatoms. The second-order valence-electron chi connectivity index (χ2n) is 6.31. The van der Waals surface area contributed by atoms with Crippen LogP contribution in [0.1, 0.15) is 28.4 Å². The maximum absolute atomic E-state index is 12.5. The summed E-state index contributed by atoms with van der Waals surface area (Å²) in [6, 6.07) is 18.9. The van der Waals surface area contributed by atoms with Crippen LogP contribution in [0.3, 0.4) is 0 Å². The van der Waals surface area contributed by atoms with Crippen molar-refractivity contribution in [3.05, 3.63) is 89.5 Å². The average Bonchev–Trinajstić information content (AvgIpc) is 2.72. The van der Waals surface area contributed by atoms with E-state index in [-0.39, 0.29) is 22.8 Å². The first-order chi connectivity index (χ1) is 14.1. The van der Waals surface area contributed by atoms with Crippen molar-refractivity contribution < 1.29 is 24.5 Å². The Hall–Kier alpha value is -3.73. The van der Waals surface area contributed by atoms with Crippen molar-refractivity contribution in [2.24, 2.45) is 0 Å². The Kier molecular flexibility index (Phi) is 6.53. The number of carbonyl (C=O) groups is 1. The minimum atomic E-state index is -0.354. The lowest BCUT2D eigenvalue weighted by Crippen LogP contribution is -1.98. The zero-order chi connectivity index (χ0) is 20.6. The van der Waals surface area contributed by atoms with E-state index in [1.807, 2.05) is 37.3 Å². The minimum absolute atomic E-state index is 0.0839. The molecule has 0 aliphatic rings. The molecule has 0 saturated carbocycles. The fourth-order valence-corrected chi connectivity index (χ4v) is 2.75. The summed E-state index contributed by atoms with van der Waals surface area (Å²) in [5, 5.41) is 19.8. The lowest BCUT2D eigenvalue weighted by molar-refractivity contribution is 0.104. The molecule has 0 aliphatic heterocycles. The maximum Gasteiger partial charge on any atom is 0.189 e. The summed E-state index contributed by atoms with van der Waals surface area (Å²) >= 11 is 0. The van der Waals surface area contributed by atoms with Gasteiger partial charge in [-0.2, -0.15) is 0 Å². The van der Waals surface area contributed by atoms with Crippen molar-refractivity contribution in [3.63, 3.8) is 0 Å². The van der Waals surface area contributed by atoms with E-state index >= 15 is 0 Å². The van der Waals surface area contributed by atoms with Gasteiger partial charge in [-0.3, -0.25) is 4.79 Å². The standard InChI is InChI=1S/C24H22O5/c1-2-28-24-14-19(25)10-8-18(24)9-13-22(26)21-12-11-20(15-23(21)27)29-16-17-6-4-3-5-7-17/h3-15,25,27H,2,16H2,1H3. The van der Waals surface area contributed by atoms with Crippen LogP contribution in [-0.2, 0) is 6.61 Å². The number of carbonyl (C=O) groups excluding carboxylic acids is 1. The number of rotatable bonds is 8. The summed E-state index contributed by atoms with van der Waals surface area (Å²) in [5.74, 6) is 0.531. The fraction of sp³-hybridized carbons (Fsp3) is 0.125. The first-order valence-corrected chi connectivity index (χ1v) is 9.25. The maximum atomic E-state index is 12.5. The number of ketones is 1. The van der Waals surface area contributed by atoms with Gasteiger partial charge in [0.05, 0.1) is 12.2 Å². The molecule has 5 nitrogen and oxygen atoms in total. The highest BCUT2D eigenvalue weighted by Crippen LogP contribution is 2.27. The van der Waals surface area contributed by atoms with Crippen LogP contribution in [0.4, 0.5) is 0 Å². The number of aromatic hydroxyl groups is 2. The number of allylic oxidation sites excluding steroid dienone is 1. The normalized spacial score (nSPS) is 10.8. The van der Waals surface area contributed by atoms with Gasteiger partial charge in [0.2, 0.25) is 0 Å². The zero-order valence-corrected chi connectivity index (χ0v) is 16.0. The summed E-state index contributed by atoms with van der Waals surface area (Å²) in [5.41, 5.74) is 1.83. The summed E-state index contributed by atoms with van der Waals surface area (Å²) < 4.78 is 11.1. The third-order valence-corrected chi connectivity index (χ3v) is 4.19. The van der Waals surface area contributed by atoms with Crippen LogP contribution < -0.4 is 9.47 Å². The van der Waals surface area contributed by atoms with Crippen LogP contribution in [0.2, 0.25) is 0 Å². The van der Waals surface area contributed by atoms with E-state index < -0.39 is 0 Å². The summed E-state index contributed by atoms with van der Waals surface area (Å²) in [4.78, 5) is 12.5. The fourth-order valence-electron chi connectivity index (χ4n) is 2.75. The summed E-state index contributed by atoms with van der Waals surface area (Å²) in [6.45, 7) is 2.64. The molecule has 3 aromatic carbocycles. The summed E-state index contributed by atoms with van der Waals surface area (Å²) in [6.07, 6.45) is 2.94. The molecule has 0 amide bonds. The SMILES string of the molecule is CCOc1cc(O)ccc1C=CC(=O)c1ccc(OCc2ccccc2)cc1O. The van der Waals surface area contributed by atoms with Crippen LogP contribution in [0.25, 0.3) is 6.08 Å². The molecule has 0 heterocycles. The highest BCUT2D eigenvalue weighted by atomic mass is 16.5. The van der Waals surface area contributed by atoms with Crippen molar-refractivity contribution in [1.29, 1.82) is 0 Å². The molecule has 0 bridgehead atoms. The smallest absolute Gasteiger partial charge is 0.189 e. The largest absolute Gasteiger partial charge is 0.508 e. The molecule has 0 spiro atoms. The van der Waals surface area contributed by atoms with Gasteiger partial charge in [-0.05, 0) is 48.9 Å². The Morgan fingerprint density at radius 2 is 1.76 bits per heavy atom. The lowest BCUT2D eigenvalue weighted by atomic mass is 10.1. The van der Waals surface area contributed by atoms with Gasteiger partial charge >= 0.3 is 0 Å². The Bertz CT molecular complexity index is 1010. The van der Waals surface area contributed by atoms with Gasteiger partial charge in [0.15, 0.2) is 5.78 Å². The third-order valence-electron chi connectivity index (χ3n) is 4.19. The van der Waals surface area contributed by atoms with E-state index in [1.54, 1.807) is 18.2 Å². The van der Waals surface area contributed by atoms with E-state index in [1.165, 1.54) is 30.3 Å². The van der Waals surface area contributed by atoms with Crippen molar-refractivity contribution in [2.45, 2.75) is 13.5 Å². The van der Waals surface area contributed by atoms with Gasteiger partial charge in [-0.25, -0.2) is 0 Å². The highest BCUT2D eigenvalue weighted by Gasteiger charge is 2.11. The number of phenolic OH excluding ortho intramolecular Hbond substituents is 2. The van der Waals surface area contributed by atoms with Crippen molar-refractivity contribution >= 4 is 11.9 Å². The molecule has 0 unspecified atom stereocenters. The van der Waals surface area contributed by atoms with Gasteiger partial charge < -0.3 is 19.7 Å². The predicted octanol–water partition coefficient (Wildman–Crippen LogP) is 4.97. The molecule has 0 aliphatic carbocycles. The molecular weight excluding hydrogens is 368 g/mol. The van der Waals surface area contributed by atoms with E-state index in [9.17, 15) is 15.0 Å². The molecule has 148 valence electrons. The topological polar surface area (TPSA) is 76.0 Å². The van der Waals surface area contributed by atoms with Crippen LogP contribution in [0.15, 0.2) is 72.8 Å². The number of phenols is 2. The molecule has 0 fully saturated rings. The van der Waals surface area contributed by atoms with Crippen molar-refractivity contribution in [2.75, 3.05) is 6.61 Å². The number of ether oxygens (including phenoxy) is 2. The molecule has 0 saturated heterocycles. The predicted molar refractivity (Wildman–Crippen MR) is 112 cm³/mol. The van der Waals surface area contributed by atoms with Crippen LogP contribution in [-0.4, -0.2) is 22.6 Å². The molecule has 0 atom stereocenters. The number of hydrogen-bond acceptors (Lipinski definition) is 5. The van der Waals surface area contributed by atoms with Gasteiger partial charge in [0.25, 0.3) is 0 Å². The van der Waals surface area contributed by atoms with Gasteiger partial charge in [0, 0.05) is 17.7 Å². The Morgan fingerprint density at radius 3 is 2.48 bits per heavy atom. The molecule has 3 rings (SSSR count). The van der Waals surface area contributed by atoms with Crippen LogP contribution >= 0.6 is 0 Å². The van der Waals surface area contributed by atoms with E-state index in [4.69, 9.17) is 9.47 Å². The molecule has 29 heavy (non-hydrogen) atoms. The van der Waals surface area contributed by atoms with E-state index in [2.05, 4.69) is 0 Å². The quantitative estimate of drug-likeness (QED) is 0.419. The molecule has 3 aromatic rings. The summed E-state index contributed by atoms with van der Waals surface area (Å²) in [7, 11) is 0. The molecule has 0 radical (unpaired) electrons. The van der Waals surface area contributed by atoms with Crippen molar-refractivity contribution in [3.8, 4) is 23.0 Å². The van der Waals surface area contributed by atoms with Crippen LogP contribution in [0.5, 0.6) is 23.0 Å². The van der Waals surface area contributed by atoms with E-state index in [0.29, 0.717) is 30.3 Å². The van der Waals surface area contributed by atoms with Gasteiger partial charge in [-0.1, -0.05) is 30.3 Å². The molecule has 0 aromatic heterocycles. The highest BCUT2D eigenvalue weighted by molar-refractivity contribution is 6.08. The molecular formula is C24H22O5. The number of benzene rings is 3.